The Balaban J connectivity index is 1.60. The van der Waals surface area contributed by atoms with Crippen molar-refractivity contribution in [3.05, 3.63) is 35.4 Å². The zero-order chi connectivity index (χ0) is 19.0. The predicted octanol–water partition coefficient (Wildman–Crippen LogP) is 3.46. The molecule has 6 heteroatoms. The minimum atomic E-state index is -1.27. The van der Waals surface area contributed by atoms with Gasteiger partial charge in [-0.15, -0.1) is 0 Å². The van der Waals surface area contributed by atoms with Crippen molar-refractivity contribution in [2.75, 3.05) is 26.9 Å². The largest absolute Gasteiger partial charge is 0.465 e. The molecule has 0 aliphatic carbocycles. The number of ether oxygens (including phenoxy) is 3. The molecule has 1 saturated heterocycles. The summed E-state index contributed by atoms with van der Waals surface area (Å²) >= 11 is 0. The molecule has 1 aromatic carbocycles. The number of nitrogens with zero attached hydrogens (tertiary/aromatic N) is 1. The average Bonchev–Trinajstić information content (AvgIpc) is 2.65. The van der Waals surface area contributed by atoms with Gasteiger partial charge in [0.1, 0.15) is 6.61 Å². The number of methoxy groups -OCH3 is 1. The monoisotopic (exact) mass is 363 g/mol. The van der Waals surface area contributed by atoms with E-state index in [2.05, 4.69) is 24.2 Å². The second-order valence-corrected chi connectivity index (χ2v) is 6.80. The SMILES string of the molecule is COC(=O)C1(C)OCC(CCCCO/N=C(/C)c2ccc(C)cc2)CO1. The van der Waals surface area contributed by atoms with Crippen molar-refractivity contribution in [3.8, 4) is 0 Å². The lowest BCUT2D eigenvalue weighted by molar-refractivity contribution is -0.272. The van der Waals surface area contributed by atoms with Crippen LogP contribution in [0.25, 0.3) is 0 Å². The maximum absolute atomic E-state index is 11.6. The number of rotatable bonds is 8. The molecule has 0 bridgehead atoms. The van der Waals surface area contributed by atoms with Crippen LogP contribution in [0.15, 0.2) is 29.4 Å². The standard InChI is InChI=1S/C20H29NO5/c1-15-8-10-18(11-9-15)16(2)21-26-12-6-5-7-17-13-24-20(3,25-14-17)19(22)23-4/h8-11,17H,5-7,12-14H2,1-4H3/b21-16-. The maximum atomic E-state index is 11.6. The molecule has 0 amide bonds. The molecule has 0 radical (unpaired) electrons. The number of aryl methyl sites for hydroxylation is 1. The van der Waals surface area contributed by atoms with E-state index < -0.39 is 11.8 Å². The van der Waals surface area contributed by atoms with Crippen molar-refractivity contribution in [3.63, 3.8) is 0 Å². The van der Waals surface area contributed by atoms with E-state index in [4.69, 9.17) is 19.0 Å². The van der Waals surface area contributed by atoms with Crippen LogP contribution in [0.5, 0.6) is 0 Å². The molecule has 1 heterocycles. The normalized spacial score (nSPS) is 23.5. The maximum Gasteiger partial charge on any atom is 0.366 e. The van der Waals surface area contributed by atoms with Crippen molar-refractivity contribution in [2.24, 2.45) is 11.1 Å². The highest BCUT2D eigenvalue weighted by molar-refractivity contribution is 5.98. The first-order valence-corrected chi connectivity index (χ1v) is 9.04. The average molecular weight is 363 g/mol. The molecule has 1 aliphatic heterocycles. The third kappa shape index (κ3) is 5.81. The molecular weight excluding hydrogens is 334 g/mol. The van der Waals surface area contributed by atoms with Gasteiger partial charge in [-0.05, 0) is 38.7 Å². The van der Waals surface area contributed by atoms with Crippen LogP contribution in [0.1, 0.15) is 44.2 Å². The molecule has 2 rings (SSSR count). The summed E-state index contributed by atoms with van der Waals surface area (Å²) in [6.07, 6.45) is 2.86. The minimum Gasteiger partial charge on any atom is -0.465 e. The molecule has 1 fully saturated rings. The lowest BCUT2D eigenvalue weighted by Crippen LogP contribution is -2.48. The molecule has 0 spiro atoms. The van der Waals surface area contributed by atoms with Gasteiger partial charge in [-0.25, -0.2) is 4.79 Å². The molecule has 26 heavy (non-hydrogen) atoms. The summed E-state index contributed by atoms with van der Waals surface area (Å²) < 4.78 is 15.8. The first-order chi connectivity index (χ1) is 12.4. The lowest BCUT2D eigenvalue weighted by atomic mass is 10.0. The van der Waals surface area contributed by atoms with Gasteiger partial charge < -0.3 is 19.0 Å². The molecule has 144 valence electrons. The second-order valence-electron chi connectivity index (χ2n) is 6.80. The first kappa shape index (κ1) is 20.4. The van der Waals surface area contributed by atoms with Crippen molar-refractivity contribution in [1.29, 1.82) is 0 Å². The van der Waals surface area contributed by atoms with Gasteiger partial charge in [0.2, 0.25) is 0 Å². The van der Waals surface area contributed by atoms with Gasteiger partial charge in [-0.3, -0.25) is 0 Å². The summed E-state index contributed by atoms with van der Waals surface area (Å²) in [6.45, 7) is 7.17. The van der Waals surface area contributed by atoms with Crippen molar-refractivity contribution < 1.29 is 23.8 Å². The quantitative estimate of drug-likeness (QED) is 0.306. The number of carbonyl (C=O) groups is 1. The zero-order valence-electron chi connectivity index (χ0n) is 16.1. The number of esters is 1. The van der Waals surface area contributed by atoms with Crippen LogP contribution in [-0.4, -0.2) is 44.4 Å². The van der Waals surface area contributed by atoms with Gasteiger partial charge in [-0.1, -0.05) is 35.0 Å². The number of oxime groups is 1. The van der Waals surface area contributed by atoms with Crippen LogP contribution in [0.2, 0.25) is 0 Å². The van der Waals surface area contributed by atoms with E-state index >= 15 is 0 Å². The second kappa shape index (κ2) is 9.69. The molecule has 0 unspecified atom stereocenters. The summed E-state index contributed by atoms with van der Waals surface area (Å²) in [5, 5.41) is 4.17. The van der Waals surface area contributed by atoms with E-state index in [-0.39, 0.29) is 5.92 Å². The fourth-order valence-corrected chi connectivity index (χ4v) is 2.70. The molecular formula is C20H29NO5. The molecule has 0 N–H and O–H groups in total. The highest BCUT2D eigenvalue weighted by atomic mass is 16.7. The summed E-state index contributed by atoms with van der Waals surface area (Å²) in [7, 11) is 1.33. The Bertz CT molecular complexity index is 603. The Hall–Kier alpha value is -1.92. The van der Waals surface area contributed by atoms with E-state index in [9.17, 15) is 4.79 Å². The van der Waals surface area contributed by atoms with Gasteiger partial charge in [0.15, 0.2) is 0 Å². The fourth-order valence-electron chi connectivity index (χ4n) is 2.70. The number of hydrogen-bond acceptors (Lipinski definition) is 6. The zero-order valence-corrected chi connectivity index (χ0v) is 16.1. The Morgan fingerprint density at radius 1 is 1.23 bits per heavy atom. The van der Waals surface area contributed by atoms with E-state index in [1.807, 2.05) is 19.1 Å². The van der Waals surface area contributed by atoms with Gasteiger partial charge in [0.05, 0.1) is 26.0 Å². The van der Waals surface area contributed by atoms with Crippen molar-refractivity contribution in [2.45, 2.75) is 45.8 Å². The Kier molecular flexibility index (Phi) is 7.60. The molecule has 0 aromatic heterocycles. The van der Waals surface area contributed by atoms with Gasteiger partial charge in [0, 0.05) is 12.8 Å². The summed E-state index contributed by atoms with van der Waals surface area (Å²) in [5.74, 6) is -1.48. The molecule has 1 aromatic rings. The van der Waals surface area contributed by atoms with Gasteiger partial charge in [0.25, 0.3) is 5.79 Å². The van der Waals surface area contributed by atoms with E-state index in [1.165, 1.54) is 12.7 Å². The van der Waals surface area contributed by atoms with Crippen LogP contribution in [0, 0.1) is 12.8 Å². The highest BCUT2D eigenvalue weighted by Gasteiger charge is 2.41. The van der Waals surface area contributed by atoms with Crippen LogP contribution in [0.3, 0.4) is 0 Å². The molecule has 0 saturated carbocycles. The lowest BCUT2D eigenvalue weighted by Gasteiger charge is -2.35. The van der Waals surface area contributed by atoms with E-state index in [0.717, 1.165) is 30.5 Å². The summed E-state index contributed by atoms with van der Waals surface area (Å²) in [6, 6.07) is 8.22. The van der Waals surface area contributed by atoms with E-state index in [0.29, 0.717) is 19.8 Å². The van der Waals surface area contributed by atoms with Crippen LogP contribution < -0.4 is 0 Å². The number of benzene rings is 1. The number of unbranched alkanes of at least 4 members (excludes halogenated alkanes) is 1. The Morgan fingerprint density at radius 2 is 1.88 bits per heavy atom. The third-order valence-corrected chi connectivity index (χ3v) is 4.51. The topological polar surface area (TPSA) is 66.4 Å². The van der Waals surface area contributed by atoms with Gasteiger partial charge in [-0.2, -0.15) is 0 Å². The third-order valence-electron chi connectivity index (χ3n) is 4.51. The number of hydrogen-bond donors (Lipinski definition) is 0. The highest BCUT2D eigenvalue weighted by Crippen LogP contribution is 2.25. The molecule has 0 atom stereocenters. The Labute approximate surface area is 155 Å². The summed E-state index contributed by atoms with van der Waals surface area (Å²) in [5.41, 5.74) is 3.17. The van der Waals surface area contributed by atoms with Crippen molar-refractivity contribution >= 4 is 11.7 Å². The predicted molar refractivity (Wildman–Crippen MR) is 99.0 cm³/mol. The number of carbonyl (C=O) groups excluding carboxylic acids is 1. The van der Waals surface area contributed by atoms with Crippen LogP contribution in [-0.2, 0) is 23.8 Å². The van der Waals surface area contributed by atoms with Crippen LogP contribution in [0.4, 0.5) is 0 Å². The van der Waals surface area contributed by atoms with Crippen molar-refractivity contribution in [1.82, 2.24) is 0 Å². The fraction of sp³-hybridized carbons (Fsp3) is 0.600. The van der Waals surface area contributed by atoms with Crippen LogP contribution >= 0.6 is 0 Å². The molecule has 6 nitrogen and oxygen atoms in total. The molecule has 1 aliphatic rings. The van der Waals surface area contributed by atoms with Gasteiger partial charge >= 0.3 is 5.97 Å². The minimum absolute atomic E-state index is 0.283. The summed E-state index contributed by atoms with van der Waals surface area (Å²) in [4.78, 5) is 17.0. The smallest absolute Gasteiger partial charge is 0.366 e. The first-order valence-electron chi connectivity index (χ1n) is 9.04. The van der Waals surface area contributed by atoms with E-state index in [1.54, 1.807) is 6.92 Å². The Morgan fingerprint density at radius 3 is 2.50 bits per heavy atom.